The molecule has 1 unspecified atom stereocenters. The van der Waals surface area contributed by atoms with Crippen LogP contribution in [0.4, 0.5) is 0 Å². The van der Waals surface area contributed by atoms with Crippen molar-refractivity contribution in [2.45, 2.75) is 20.3 Å². The highest BCUT2D eigenvalue weighted by atomic mass is 16.1. The number of amides is 1. The van der Waals surface area contributed by atoms with Crippen LogP contribution in [0, 0.1) is 23.2 Å². The van der Waals surface area contributed by atoms with Crippen LogP contribution < -0.4 is 11.1 Å². The summed E-state index contributed by atoms with van der Waals surface area (Å²) < 4.78 is 0. The van der Waals surface area contributed by atoms with Crippen molar-refractivity contribution in [1.82, 2.24) is 10.3 Å². The van der Waals surface area contributed by atoms with Crippen LogP contribution in [0.2, 0.25) is 0 Å². The Morgan fingerprint density at radius 3 is 3.00 bits per heavy atom. The molecule has 19 heavy (non-hydrogen) atoms. The molecule has 2 rings (SSSR count). The number of nitrogens with zero attached hydrogens (tertiary/aromatic N) is 1. The standard InChI is InChI=1S/C15H19N3O/c1-15(2)8-12(15)10-18-14(19)13-5-7-17-9-11(13)4-3-6-16/h5,7,9,12H,6,8,10,16H2,1-2H3,(H,18,19). The van der Waals surface area contributed by atoms with Crippen molar-refractivity contribution in [1.29, 1.82) is 0 Å². The van der Waals surface area contributed by atoms with Gasteiger partial charge in [-0.2, -0.15) is 0 Å². The van der Waals surface area contributed by atoms with Gasteiger partial charge in [-0.05, 0) is 23.8 Å². The summed E-state index contributed by atoms with van der Waals surface area (Å²) in [5.74, 6) is 6.11. The molecular weight excluding hydrogens is 238 g/mol. The minimum Gasteiger partial charge on any atom is -0.352 e. The molecule has 3 N–H and O–H groups in total. The number of hydrogen-bond acceptors (Lipinski definition) is 3. The van der Waals surface area contributed by atoms with Gasteiger partial charge in [0.2, 0.25) is 0 Å². The van der Waals surface area contributed by atoms with Gasteiger partial charge in [-0.25, -0.2) is 0 Å². The van der Waals surface area contributed by atoms with Crippen LogP contribution in [0.5, 0.6) is 0 Å². The van der Waals surface area contributed by atoms with E-state index in [0.717, 1.165) is 6.54 Å². The lowest BCUT2D eigenvalue weighted by molar-refractivity contribution is 0.0950. The first kappa shape index (κ1) is 13.6. The predicted molar refractivity (Wildman–Crippen MR) is 74.4 cm³/mol. The molecule has 0 bridgehead atoms. The fourth-order valence-corrected chi connectivity index (χ4v) is 2.07. The van der Waals surface area contributed by atoms with Gasteiger partial charge in [-0.15, -0.1) is 0 Å². The van der Waals surface area contributed by atoms with Crippen LogP contribution in [-0.2, 0) is 0 Å². The van der Waals surface area contributed by atoms with Crippen molar-refractivity contribution < 1.29 is 4.79 Å². The molecule has 4 heteroatoms. The summed E-state index contributed by atoms with van der Waals surface area (Å²) >= 11 is 0. The number of carbonyl (C=O) groups is 1. The van der Waals surface area contributed by atoms with Crippen molar-refractivity contribution in [3.05, 3.63) is 29.6 Å². The third-order valence-electron chi connectivity index (χ3n) is 3.62. The van der Waals surface area contributed by atoms with Crippen molar-refractivity contribution in [2.24, 2.45) is 17.1 Å². The molecule has 4 nitrogen and oxygen atoms in total. The molecule has 1 aromatic rings. The van der Waals surface area contributed by atoms with Gasteiger partial charge in [-0.3, -0.25) is 9.78 Å². The monoisotopic (exact) mass is 257 g/mol. The van der Waals surface area contributed by atoms with E-state index in [9.17, 15) is 4.79 Å². The van der Waals surface area contributed by atoms with E-state index in [4.69, 9.17) is 5.73 Å². The molecule has 1 aromatic heterocycles. The van der Waals surface area contributed by atoms with E-state index in [1.807, 2.05) is 0 Å². The third-order valence-corrected chi connectivity index (χ3v) is 3.62. The van der Waals surface area contributed by atoms with Gasteiger partial charge in [-0.1, -0.05) is 25.7 Å². The molecule has 0 aliphatic heterocycles. The molecule has 1 aliphatic rings. The Morgan fingerprint density at radius 1 is 1.63 bits per heavy atom. The second kappa shape index (κ2) is 5.41. The predicted octanol–water partition coefficient (Wildman–Crippen LogP) is 1.17. The van der Waals surface area contributed by atoms with Crippen LogP contribution in [0.3, 0.4) is 0 Å². The van der Waals surface area contributed by atoms with Gasteiger partial charge in [0.25, 0.3) is 5.91 Å². The maximum Gasteiger partial charge on any atom is 0.252 e. The van der Waals surface area contributed by atoms with Crippen LogP contribution in [-0.4, -0.2) is 24.0 Å². The van der Waals surface area contributed by atoms with Gasteiger partial charge < -0.3 is 11.1 Å². The summed E-state index contributed by atoms with van der Waals surface area (Å²) in [6, 6.07) is 1.69. The number of nitrogens with one attached hydrogen (secondary N) is 1. The van der Waals surface area contributed by atoms with E-state index in [0.29, 0.717) is 22.5 Å². The summed E-state index contributed by atoms with van der Waals surface area (Å²) in [4.78, 5) is 16.1. The van der Waals surface area contributed by atoms with Gasteiger partial charge in [0.05, 0.1) is 17.7 Å². The van der Waals surface area contributed by atoms with Gasteiger partial charge in [0.15, 0.2) is 0 Å². The molecule has 1 amide bonds. The minimum atomic E-state index is -0.0913. The SMILES string of the molecule is CC1(C)CC1CNC(=O)c1ccncc1C#CCN. The number of pyridine rings is 1. The summed E-state index contributed by atoms with van der Waals surface area (Å²) in [7, 11) is 0. The Balaban J connectivity index is 2.02. The first-order chi connectivity index (χ1) is 9.04. The van der Waals surface area contributed by atoms with E-state index in [2.05, 4.69) is 36.0 Å². The van der Waals surface area contributed by atoms with Crippen LogP contribution >= 0.6 is 0 Å². The highest BCUT2D eigenvalue weighted by molar-refractivity contribution is 5.96. The fraction of sp³-hybridized carbons (Fsp3) is 0.467. The highest BCUT2D eigenvalue weighted by Gasteiger charge is 2.45. The smallest absolute Gasteiger partial charge is 0.252 e. The van der Waals surface area contributed by atoms with E-state index < -0.39 is 0 Å². The maximum atomic E-state index is 12.1. The van der Waals surface area contributed by atoms with Crippen molar-refractivity contribution in [3.63, 3.8) is 0 Å². The number of rotatable bonds is 3. The first-order valence-corrected chi connectivity index (χ1v) is 6.46. The Morgan fingerprint density at radius 2 is 2.37 bits per heavy atom. The molecule has 100 valence electrons. The minimum absolute atomic E-state index is 0.0913. The summed E-state index contributed by atoms with van der Waals surface area (Å²) in [6.07, 6.45) is 4.37. The molecule has 1 aliphatic carbocycles. The van der Waals surface area contributed by atoms with Crippen LogP contribution in [0.1, 0.15) is 36.2 Å². The second-order valence-corrected chi connectivity index (χ2v) is 5.53. The first-order valence-electron chi connectivity index (χ1n) is 6.46. The van der Waals surface area contributed by atoms with Crippen molar-refractivity contribution in [2.75, 3.05) is 13.1 Å². The quantitative estimate of drug-likeness (QED) is 0.799. The van der Waals surface area contributed by atoms with Crippen molar-refractivity contribution in [3.8, 4) is 11.8 Å². The van der Waals surface area contributed by atoms with Gasteiger partial charge in [0, 0.05) is 18.9 Å². The Kier molecular flexibility index (Phi) is 3.87. The van der Waals surface area contributed by atoms with Crippen LogP contribution in [0.25, 0.3) is 0 Å². The van der Waals surface area contributed by atoms with Crippen molar-refractivity contribution >= 4 is 5.91 Å². The molecule has 1 heterocycles. The summed E-state index contributed by atoms with van der Waals surface area (Å²) in [5, 5.41) is 2.97. The Labute approximate surface area is 113 Å². The molecule has 0 radical (unpaired) electrons. The summed E-state index contributed by atoms with van der Waals surface area (Å²) in [5.41, 5.74) is 6.90. The molecule has 0 aromatic carbocycles. The molecule has 0 saturated heterocycles. The van der Waals surface area contributed by atoms with E-state index in [1.165, 1.54) is 6.42 Å². The lowest BCUT2D eigenvalue weighted by Crippen LogP contribution is -2.27. The Hall–Kier alpha value is -1.86. The fourth-order valence-electron chi connectivity index (χ4n) is 2.07. The van der Waals surface area contributed by atoms with E-state index in [1.54, 1.807) is 18.5 Å². The average Bonchev–Trinajstić information content (AvgIpc) is 3.01. The zero-order valence-corrected chi connectivity index (χ0v) is 11.4. The lowest BCUT2D eigenvalue weighted by atomic mass is 10.1. The maximum absolute atomic E-state index is 12.1. The zero-order valence-electron chi connectivity index (χ0n) is 11.4. The third kappa shape index (κ3) is 3.33. The van der Waals surface area contributed by atoms with Gasteiger partial charge in [0.1, 0.15) is 0 Å². The largest absolute Gasteiger partial charge is 0.352 e. The second-order valence-electron chi connectivity index (χ2n) is 5.53. The highest BCUT2D eigenvalue weighted by Crippen LogP contribution is 2.50. The van der Waals surface area contributed by atoms with E-state index >= 15 is 0 Å². The average molecular weight is 257 g/mol. The number of carbonyl (C=O) groups excluding carboxylic acids is 1. The van der Waals surface area contributed by atoms with Crippen LogP contribution in [0.15, 0.2) is 18.5 Å². The number of nitrogens with two attached hydrogens (primary N) is 1. The molecule has 1 saturated carbocycles. The zero-order chi connectivity index (χ0) is 13.9. The molecule has 1 atom stereocenters. The summed E-state index contributed by atoms with van der Waals surface area (Å²) in [6.45, 7) is 5.42. The Bertz CT molecular complexity index is 540. The lowest BCUT2D eigenvalue weighted by Gasteiger charge is -2.07. The molecule has 0 spiro atoms. The molecule has 1 fully saturated rings. The number of aromatic nitrogens is 1. The van der Waals surface area contributed by atoms with E-state index in [-0.39, 0.29) is 12.5 Å². The van der Waals surface area contributed by atoms with Gasteiger partial charge >= 0.3 is 0 Å². The molecular formula is C15H19N3O. The normalized spacial score (nSPS) is 19.2. The number of hydrogen-bond donors (Lipinski definition) is 2. The topological polar surface area (TPSA) is 68.0 Å².